The molecule has 35 heavy (non-hydrogen) atoms. The van der Waals surface area contributed by atoms with Crippen LogP contribution in [0.5, 0.6) is 0 Å². The molecule has 0 aromatic carbocycles. The van der Waals surface area contributed by atoms with Gasteiger partial charge in [-0.15, -0.1) is 0 Å². The molecule has 0 saturated carbocycles. The van der Waals surface area contributed by atoms with Crippen molar-refractivity contribution in [1.82, 2.24) is 24.2 Å². The minimum Gasteiger partial charge on any atom is -0.444 e. The van der Waals surface area contributed by atoms with E-state index in [-0.39, 0.29) is 23.9 Å². The largest absolute Gasteiger partial charge is 0.444 e. The lowest BCUT2D eigenvalue weighted by Crippen LogP contribution is -2.52. The zero-order valence-electron chi connectivity index (χ0n) is 21.6. The maximum absolute atomic E-state index is 13.4. The summed E-state index contributed by atoms with van der Waals surface area (Å²) in [6.07, 6.45) is 6.73. The molecule has 1 aromatic rings. The fraction of sp³-hybridized carbons (Fsp3) is 0.731. The average Bonchev–Trinajstić information content (AvgIpc) is 3.34. The zero-order valence-corrected chi connectivity index (χ0v) is 21.6. The number of rotatable bonds is 4. The molecule has 3 saturated heterocycles. The molecule has 3 amide bonds. The van der Waals surface area contributed by atoms with Crippen LogP contribution in [0.2, 0.25) is 0 Å². The van der Waals surface area contributed by atoms with Crippen molar-refractivity contribution in [3.63, 3.8) is 0 Å². The summed E-state index contributed by atoms with van der Waals surface area (Å²) in [5, 5.41) is 0. The molecule has 194 valence electrons. The zero-order chi connectivity index (χ0) is 25.0. The smallest absolute Gasteiger partial charge is 0.410 e. The molecule has 3 aliphatic heterocycles. The Bertz CT molecular complexity index is 886. The van der Waals surface area contributed by atoms with Crippen LogP contribution in [0.25, 0.3) is 0 Å². The van der Waals surface area contributed by atoms with Crippen molar-refractivity contribution in [2.24, 2.45) is 0 Å². The molecule has 1 aromatic heterocycles. The van der Waals surface area contributed by atoms with E-state index in [4.69, 9.17) is 4.74 Å². The van der Waals surface area contributed by atoms with Crippen molar-refractivity contribution >= 4 is 17.9 Å². The van der Waals surface area contributed by atoms with Crippen LogP contribution in [0.3, 0.4) is 0 Å². The number of hydrogen-bond acceptors (Lipinski definition) is 5. The number of ether oxygens (including phenoxy) is 1. The van der Waals surface area contributed by atoms with E-state index in [2.05, 4.69) is 9.47 Å². The fourth-order valence-corrected chi connectivity index (χ4v) is 5.25. The Kier molecular flexibility index (Phi) is 8.04. The number of amides is 3. The fourth-order valence-electron chi connectivity index (χ4n) is 5.25. The van der Waals surface area contributed by atoms with E-state index in [9.17, 15) is 14.4 Å². The minimum absolute atomic E-state index is 0.0478. The highest BCUT2D eigenvalue weighted by Crippen LogP contribution is 2.26. The third kappa shape index (κ3) is 6.57. The number of nitrogens with zero attached hydrogens (tertiary/aromatic N) is 5. The number of hydrogen-bond donors (Lipinski definition) is 0. The van der Waals surface area contributed by atoms with E-state index in [1.165, 1.54) is 6.42 Å². The van der Waals surface area contributed by atoms with Crippen LogP contribution in [0.1, 0.15) is 69.4 Å². The first-order chi connectivity index (χ1) is 16.7. The summed E-state index contributed by atoms with van der Waals surface area (Å²) >= 11 is 0. The normalized spacial score (nSPS) is 20.7. The number of piperazine rings is 1. The number of aromatic nitrogens is 1. The molecule has 9 heteroatoms. The monoisotopic (exact) mass is 487 g/mol. The summed E-state index contributed by atoms with van der Waals surface area (Å²) in [5.41, 5.74) is 0.206. The molecule has 9 nitrogen and oxygen atoms in total. The van der Waals surface area contributed by atoms with Gasteiger partial charge in [-0.1, -0.05) is 0 Å². The predicted octanol–water partition coefficient (Wildman–Crippen LogP) is 2.83. The molecule has 0 aliphatic carbocycles. The van der Waals surface area contributed by atoms with Gasteiger partial charge in [0.2, 0.25) is 5.91 Å². The SMILES string of the molecule is CC(C)(C)OC(=O)N1CCC(n2cccc2C(=O)N2CCN(CC(=O)N3CCCCC3)CC2)CC1. The topological polar surface area (TPSA) is 78.3 Å². The molecular formula is C26H41N5O4. The molecule has 4 heterocycles. The van der Waals surface area contributed by atoms with Crippen molar-refractivity contribution in [1.29, 1.82) is 0 Å². The second-order valence-corrected chi connectivity index (χ2v) is 11.0. The summed E-state index contributed by atoms with van der Waals surface area (Å²) in [4.78, 5) is 46.2. The summed E-state index contributed by atoms with van der Waals surface area (Å²) in [6, 6.07) is 4.02. The summed E-state index contributed by atoms with van der Waals surface area (Å²) in [6.45, 7) is 11.8. The van der Waals surface area contributed by atoms with Crippen LogP contribution in [0.4, 0.5) is 4.79 Å². The molecular weight excluding hydrogens is 446 g/mol. The Labute approximate surface area is 208 Å². The average molecular weight is 488 g/mol. The quantitative estimate of drug-likeness (QED) is 0.653. The molecule has 0 atom stereocenters. The molecule has 0 unspecified atom stereocenters. The van der Waals surface area contributed by atoms with E-state index >= 15 is 0 Å². The first-order valence-corrected chi connectivity index (χ1v) is 13.2. The first-order valence-electron chi connectivity index (χ1n) is 13.2. The maximum Gasteiger partial charge on any atom is 0.410 e. The van der Waals surface area contributed by atoms with Gasteiger partial charge in [0.25, 0.3) is 5.91 Å². The second-order valence-electron chi connectivity index (χ2n) is 11.0. The van der Waals surface area contributed by atoms with E-state index in [0.717, 1.165) is 51.9 Å². The molecule has 3 fully saturated rings. The van der Waals surface area contributed by atoms with Crippen LogP contribution in [0.15, 0.2) is 18.3 Å². The minimum atomic E-state index is -0.501. The van der Waals surface area contributed by atoms with Gasteiger partial charge in [0.15, 0.2) is 0 Å². The van der Waals surface area contributed by atoms with Gasteiger partial charge in [0.1, 0.15) is 11.3 Å². The Hall–Kier alpha value is -2.55. The standard InChI is InChI=1S/C26H41N5O4/c1-26(2,3)35-25(34)30-14-9-21(10-15-30)31-13-7-8-22(31)24(33)29-18-16-27(17-19-29)20-23(32)28-11-5-4-6-12-28/h7-8,13,21H,4-6,9-12,14-20H2,1-3H3. The van der Waals surface area contributed by atoms with E-state index in [0.29, 0.717) is 38.4 Å². The van der Waals surface area contributed by atoms with Crippen LogP contribution >= 0.6 is 0 Å². The van der Waals surface area contributed by atoms with E-state index in [1.807, 2.05) is 48.9 Å². The number of piperidine rings is 2. The van der Waals surface area contributed by atoms with Gasteiger partial charge < -0.3 is 24.0 Å². The summed E-state index contributed by atoms with van der Waals surface area (Å²) in [7, 11) is 0. The summed E-state index contributed by atoms with van der Waals surface area (Å²) in [5.74, 6) is 0.266. The Balaban J connectivity index is 1.27. The van der Waals surface area contributed by atoms with Crippen molar-refractivity contribution in [2.45, 2.75) is 64.5 Å². The van der Waals surface area contributed by atoms with Gasteiger partial charge in [0, 0.05) is 64.6 Å². The number of carbonyl (C=O) groups excluding carboxylic acids is 3. The highest BCUT2D eigenvalue weighted by Gasteiger charge is 2.31. The highest BCUT2D eigenvalue weighted by molar-refractivity contribution is 5.93. The van der Waals surface area contributed by atoms with Crippen LogP contribution in [-0.4, -0.2) is 107 Å². The molecule has 0 spiro atoms. The Morgan fingerprint density at radius 3 is 2.14 bits per heavy atom. The number of likely N-dealkylation sites (tertiary alicyclic amines) is 2. The maximum atomic E-state index is 13.4. The molecule has 4 rings (SSSR count). The predicted molar refractivity (Wildman–Crippen MR) is 133 cm³/mol. The Morgan fingerprint density at radius 1 is 0.857 bits per heavy atom. The number of carbonyl (C=O) groups is 3. The molecule has 0 radical (unpaired) electrons. The van der Waals surface area contributed by atoms with Gasteiger partial charge in [-0.25, -0.2) is 4.79 Å². The first kappa shape index (κ1) is 25.5. The lowest BCUT2D eigenvalue weighted by Gasteiger charge is -2.37. The van der Waals surface area contributed by atoms with Gasteiger partial charge in [-0.05, 0) is 65.0 Å². The van der Waals surface area contributed by atoms with Crippen molar-refractivity contribution in [3.05, 3.63) is 24.0 Å². The highest BCUT2D eigenvalue weighted by atomic mass is 16.6. The third-order valence-electron chi connectivity index (χ3n) is 7.23. The molecule has 0 N–H and O–H groups in total. The Morgan fingerprint density at radius 2 is 1.51 bits per heavy atom. The van der Waals surface area contributed by atoms with Gasteiger partial charge in [0.05, 0.1) is 6.54 Å². The summed E-state index contributed by atoms with van der Waals surface area (Å²) < 4.78 is 7.59. The van der Waals surface area contributed by atoms with Gasteiger partial charge in [-0.2, -0.15) is 0 Å². The van der Waals surface area contributed by atoms with Gasteiger partial charge in [-0.3, -0.25) is 14.5 Å². The van der Waals surface area contributed by atoms with E-state index in [1.54, 1.807) is 4.90 Å². The third-order valence-corrected chi connectivity index (χ3v) is 7.23. The van der Waals surface area contributed by atoms with Gasteiger partial charge >= 0.3 is 6.09 Å². The van der Waals surface area contributed by atoms with E-state index < -0.39 is 5.60 Å². The van der Waals surface area contributed by atoms with Crippen LogP contribution in [-0.2, 0) is 9.53 Å². The second kappa shape index (κ2) is 11.0. The molecule has 3 aliphatic rings. The van der Waals surface area contributed by atoms with Crippen molar-refractivity contribution in [3.8, 4) is 0 Å². The lowest BCUT2D eigenvalue weighted by atomic mass is 10.0. The van der Waals surface area contributed by atoms with Crippen molar-refractivity contribution < 1.29 is 19.1 Å². The van der Waals surface area contributed by atoms with Crippen LogP contribution < -0.4 is 0 Å². The van der Waals surface area contributed by atoms with Crippen molar-refractivity contribution in [2.75, 3.05) is 58.9 Å². The lowest BCUT2D eigenvalue weighted by molar-refractivity contribution is -0.133. The van der Waals surface area contributed by atoms with Crippen LogP contribution in [0, 0.1) is 0 Å². The molecule has 0 bridgehead atoms.